The van der Waals surface area contributed by atoms with Crippen LogP contribution in [0.25, 0.3) is 0 Å². The fraction of sp³-hybridized carbons (Fsp3) is 0.533. The number of anilines is 1. The van der Waals surface area contributed by atoms with E-state index in [-0.39, 0.29) is 11.8 Å². The van der Waals surface area contributed by atoms with Gasteiger partial charge in [-0.15, -0.1) is 0 Å². The van der Waals surface area contributed by atoms with Gasteiger partial charge in [0.05, 0.1) is 0 Å². The maximum atomic E-state index is 12.3. The van der Waals surface area contributed by atoms with Crippen LogP contribution in [-0.2, 0) is 4.79 Å². The van der Waals surface area contributed by atoms with Gasteiger partial charge < -0.3 is 5.32 Å². The molecule has 96 valence electrons. The van der Waals surface area contributed by atoms with Crippen LogP contribution in [0.15, 0.2) is 18.2 Å². The molecule has 2 nitrogen and oxygen atoms in total. The lowest BCUT2D eigenvalue weighted by Gasteiger charge is -2.21. The van der Waals surface area contributed by atoms with Gasteiger partial charge in [-0.2, -0.15) is 0 Å². The van der Waals surface area contributed by atoms with Crippen molar-refractivity contribution >= 4 is 34.2 Å². The highest BCUT2D eigenvalue weighted by atomic mass is 127. The van der Waals surface area contributed by atoms with Gasteiger partial charge in [-0.3, -0.25) is 4.79 Å². The molecule has 1 aromatic rings. The van der Waals surface area contributed by atoms with Crippen molar-refractivity contribution in [3.8, 4) is 0 Å². The molecular formula is C15H18INO. The van der Waals surface area contributed by atoms with Crippen LogP contribution in [0.1, 0.15) is 31.2 Å². The van der Waals surface area contributed by atoms with E-state index in [0.29, 0.717) is 5.92 Å². The molecular weight excluding hydrogens is 337 g/mol. The van der Waals surface area contributed by atoms with Crippen LogP contribution in [-0.4, -0.2) is 5.91 Å². The summed E-state index contributed by atoms with van der Waals surface area (Å²) in [5.41, 5.74) is 2.13. The van der Waals surface area contributed by atoms with Gasteiger partial charge in [0.25, 0.3) is 0 Å². The summed E-state index contributed by atoms with van der Waals surface area (Å²) in [5.74, 6) is 1.98. The van der Waals surface area contributed by atoms with Gasteiger partial charge in [-0.25, -0.2) is 0 Å². The zero-order valence-corrected chi connectivity index (χ0v) is 12.7. The molecule has 0 spiro atoms. The van der Waals surface area contributed by atoms with Crippen LogP contribution in [0, 0.1) is 28.2 Å². The summed E-state index contributed by atoms with van der Waals surface area (Å²) in [4.78, 5) is 12.3. The molecule has 18 heavy (non-hydrogen) atoms. The number of carbonyl (C=O) groups excluding carboxylic acids is 1. The van der Waals surface area contributed by atoms with Crippen molar-refractivity contribution in [2.24, 2.45) is 17.8 Å². The SMILES string of the molecule is Cc1cc(I)ccc1NC(=O)[C@H]1C[C@@H]2CC[C@H]1C2. The molecule has 0 heterocycles. The zero-order chi connectivity index (χ0) is 12.7. The highest BCUT2D eigenvalue weighted by Gasteiger charge is 2.43. The minimum atomic E-state index is 0.242. The molecule has 3 rings (SSSR count). The molecule has 1 amide bonds. The van der Waals surface area contributed by atoms with E-state index in [9.17, 15) is 4.79 Å². The number of carbonyl (C=O) groups is 1. The summed E-state index contributed by atoms with van der Waals surface area (Å²) in [6.07, 6.45) is 5.00. The summed E-state index contributed by atoms with van der Waals surface area (Å²) in [5, 5.41) is 3.12. The first-order valence-electron chi connectivity index (χ1n) is 6.70. The van der Waals surface area contributed by atoms with Gasteiger partial charge >= 0.3 is 0 Å². The van der Waals surface area contributed by atoms with Crippen molar-refractivity contribution in [2.45, 2.75) is 32.6 Å². The summed E-state index contributed by atoms with van der Waals surface area (Å²) in [6.45, 7) is 2.05. The lowest BCUT2D eigenvalue weighted by Crippen LogP contribution is -2.27. The maximum absolute atomic E-state index is 12.3. The first-order chi connectivity index (χ1) is 8.63. The normalized spacial score (nSPS) is 29.6. The number of fused-ring (bicyclic) bond motifs is 2. The summed E-state index contributed by atoms with van der Waals surface area (Å²) in [7, 11) is 0. The number of benzene rings is 1. The lowest BCUT2D eigenvalue weighted by atomic mass is 9.88. The predicted molar refractivity (Wildman–Crippen MR) is 81.5 cm³/mol. The fourth-order valence-corrected chi connectivity index (χ4v) is 4.21. The van der Waals surface area contributed by atoms with E-state index in [2.05, 4.69) is 40.9 Å². The number of hydrogen-bond donors (Lipinski definition) is 1. The first kappa shape index (κ1) is 12.5. The average Bonchev–Trinajstić information content (AvgIpc) is 2.94. The van der Waals surface area contributed by atoms with E-state index < -0.39 is 0 Å². The highest BCUT2D eigenvalue weighted by molar-refractivity contribution is 14.1. The molecule has 3 heteroatoms. The van der Waals surface area contributed by atoms with Crippen LogP contribution >= 0.6 is 22.6 Å². The van der Waals surface area contributed by atoms with Crippen LogP contribution in [0.5, 0.6) is 0 Å². The van der Waals surface area contributed by atoms with Crippen molar-refractivity contribution in [2.75, 3.05) is 5.32 Å². The van der Waals surface area contributed by atoms with Gasteiger partial charge in [0.15, 0.2) is 0 Å². The number of hydrogen-bond acceptors (Lipinski definition) is 1. The molecule has 2 saturated carbocycles. The van der Waals surface area contributed by atoms with Gasteiger partial charge in [0, 0.05) is 15.2 Å². The molecule has 3 atom stereocenters. The Morgan fingerprint density at radius 3 is 2.78 bits per heavy atom. The predicted octanol–water partition coefficient (Wildman–Crippen LogP) is 3.97. The topological polar surface area (TPSA) is 29.1 Å². The van der Waals surface area contributed by atoms with E-state index in [0.717, 1.165) is 23.6 Å². The van der Waals surface area contributed by atoms with Crippen molar-refractivity contribution in [3.63, 3.8) is 0 Å². The molecule has 0 aliphatic heterocycles. The van der Waals surface area contributed by atoms with Crippen molar-refractivity contribution in [3.05, 3.63) is 27.3 Å². The largest absolute Gasteiger partial charge is 0.326 e. The molecule has 0 unspecified atom stereocenters. The smallest absolute Gasteiger partial charge is 0.227 e. The average molecular weight is 355 g/mol. The van der Waals surface area contributed by atoms with Gasteiger partial charge in [-0.05, 0) is 84.4 Å². The Labute approximate surface area is 122 Å². The van der Waals surface area contributed by atoms with Crippen LogP contribution in [0.4, 0.5) is 5.69 Å². The van der Waals surface area contributed by atoms with Crippen molar-refractivity contribution < 1.29 is 4.79 Å². The maximum Gasteiger partial charge on any atom is 0.227 e. The molecule has 2 bridgehead atoms. The number of aryl methyl sites for hydroxylation is 1. The van der Waals surface area contributed by atoms with E-state index in [1.165, 1.54) is 22.8 Å². The summed E-state index contributed by atoms with van der Waals surface area (Å²) in [6, 6.07) is 6.17. The third kappa shape index (κ3) is 2.29. The Bertz CT molecular complexity index is 485. The molecule has 0 aromatic heterocycles. The second-order valence-corrected chi connectivity index (χ2v) is 6.98. The zero-order valence-electron chi connectivity index (χ0n) is 10.6. The molecule has 1 aromatic carbocycles. The lowest BCUT2D eigenvalue weighted by molar-refractivity contribution is -0.121. The van der Waals surface area contributed by atoms with E-state index in [1.807, 2.05) is 12.1 Å². The molecule has 2 aliphatic carbocycles. The molecule has 1 N–H and O–H groups in total. The first-order valence-corrected chi connectivity index (χ1v) is 7.78. The summed E-state index contributed by atoms with van der Waals surface area (Å²) >= 11 is 2.30. The van der Waals surface area contributed by atoms with Gasteiger partial charge in [0.2, 0.25) is 5.91 Å². The monoisotopic (exact) mass is 355 g/mol. The van der Waals surface area contributed by atoms with Gasteiger partial charge in [0.1, 0.15) is 0 Å². The van der Waals surface area contributed by atoms with Crippen LogP contribution in [0.2, 0.25) is 0 Å². The third-order valence-electron chi connectivity index (χ3n) is 4.52. The fourth-order valence-electron chi connectivity index (χ4n) is 3.56. The highest BCUT2D eigenvalue weighted by Crippen LogP contribution is 2.48. The standard InChI is InChI=1S/C15H18INO/c1-9-6-12(16)4-5-14(9)17-15(18)13-8-10-2-3-11(13)7-10/h4-6,10-11,13H,2-3,7-8H2,1H3,(H,17,18)/t10-,11+,13+/m1/s1. The Hall–Kier alpha value is -0.580. The molecule has 0 radical (unpaired) electrons. The Balaban J connectivity index is 1.71. The van der Waals surface area contributed by atoms with Crippen LogP contribution < -0.4 is 5.32 Å². The second-order valence-electron chi connectivity index (χ2n) is 5.73. The molecule has 0 saturated heterocycles. The quantitative estimate of drug-likeness (QED) is 0.799. The molecule has 2 fully saturated rings. The number of rotatable bonds is 2. The Morgan fingerprint density at radius 2 is 2.17 bits per heavy atom. The minimum absolute atomic E-state index is 0.242. The van der Waals surface area contributed by atoms with E-state index in [4.69, 9.17) is 0 Å². The molecule has 2 aliphatic rings. The van der Waals surface area contributed by atoms with Crippen molar-refractivity contribution in [1.82, 2.24) is 0 Å². The van der Waals surface area contributed by atoms with E-state index >= 15 is 0 Å². The number of halogens is 1. The number of nitrogens with one attached hydrogen (secondary N) is 1. The Kier molecular flexibility index (Phi) is 3.34. The number of amides is 1. The van der Waals surface area contributed by atoms with E-state index in [1.54, 1.807) is 0 Å². The Morgan fingerprint density at radius 1 is 1.33 bits per heavy atom. The second kappa shape index (κ2) is 4.83. The van der Waals surface area contributed by atoms with Gasteiger partial charge in [-0.1, -0.05) is 6.42 Å². The van der Waals surface area contributed by atoms with Crippen LogP contribution in [0.3, 0.4) is 0 Å². The van der Waals surface area contributed by atoms with Crippen molar-refractivity contribution in [1.29, 1.82) is 0 Å². The third-order valence-corrected chi connectivity index (χ3v) is 5.19. The minimum Gasteiger partial charge on any atom is -0.326 e. The summed E-state index contributed by atoms with van der Waals surface area (Å²) < 4.78 is 1.21.